The highest BCUT2D eigenvalue weighted by molar-refractivity contribution is 7.12. The molecule has 0 bridgehead atoms. The molecule has 2 N–H and O–H groups in total. The van der Waals surface area contributed by atoms with E-state index in [9.17, 15) is 4.79 Å². The predicted octanol–water partition coefficient (Wildman–Crippen LogP) is 2.65. The van der Waals surface area contributed by atoms with Gasteiger partial charge in [0.15, 0.2) is 0 Å². The molecule has 0 atom stereocenters. The predicted molar refractivity (Wildman–Crippen MR) is 76.1 cm³/mol. The van der Waals surface area contributed by atoms with Crippen molar-refractivity contribution in [3.63, 3.8) is 0 Å². The lowest BCUT2D eigenvalue weighted by atomic mass is 9.87. The van der Waals surface area contributed by atoms with Gasteiger partial charge in [-0.05, 0) is 43.0 Å². The van der Waals surface area contributed by atoms with Gasteiger partial charge in [0.25, 0.3) is 5.91 Å². The molecule has 0 aliphatic heterocycles. The summed E-state index contributed by atoms with van der Waals surface area (Å²) in [5, 5.41) is 8.40. The topological polar surface area (TPSA) is 41.1 Å². The van der Waals surface area contributed by atoms with Crippen LogP contribution in [0.5, 0.6) is 0 Å². The summed E-state index contributed by atoms with van der Waals surface area (Å²) in [4.78, 5) is 12.5. The average Bonchev–Trinajstić information content (AvgIpc) is 2.90. The minimum Gasteiger partial charge on any atom is -0.350 e. The normalized spacial score (nSPS) is 23.8. The zero-order chi connectivity index (χ0) is 12.8. The molecule has 1 saturated carbocycles. The third kappa shape index (κ3) is 4.10. The van der Waals surface area contributed by atoms with Crippen molar-refractivity contribution in [3.8, 4) is 0 Å². The Morgan fingerprint density at radius 2 is 2.11 bits per heavy atom. The Bertz CT molecular complexity index is 356. The highest BCUT2D eigenvalue weighted by Gasteiger charge is 2.17. The van der Waals surface area contributed by atoms with E-state index in [0.29, 0.717) is 12.6 Å². The molecule has 0 radical (unpaired) electrons. The standard InChI is InChI=1S/C14H22N2OS/c1-11-4-6-12(7-5-11)15-8-9-16-14(17)13-3-2-10-18-13/h2-3,10-12,15H,4-9H2,1H3,(H,16,17). The quantitative estimate of drug-likeness (QED) is 0.804. The van der Waals surface area contributed by atoms with Gasteiger partial charge in [0, 0.05) is 19.1 Å². The Hall–Kier alpha value is -0.870. The van der Waals surface area contributed by atoms with Gasteiger partial charge in [-0.25, -0.2) is 0 Å². The van der Waals surface area contributed by atoms with Gasteiger partial charge < -0.3 is 10.6 Å². The summed E-state index contributed by atoms with van der Waals surface area (Å²) in [6, 6.07) is 4.41. The third-order valence-corrected chi connectivity index (χ3v) is 4.47. The second-order valence-corrected chi connectivity index (χ2v) is 6.09. The van der Waals surface area contributed by atoms with E-state index in [1.165, 1.54) is 37.0 Å². The van der Waals surface area contributed by atoms with Crippen molar-refractivity contribution < 1.29 is 4.79 Å². The molecule has 18 heavy (non-hydrogen) atoms. The molecule has 1 amide bonds. The first kappa shape index (κ1) is 13.6. The molecule has 2 rings (SSSR count). The van der Waals surface area contributed by atoms with Gasteiger partial charge in [-0.3, -0.25) is 4.79 Å². The lowest BCUT2D eigenvalue weighted by Gasteiger charge is -2.27. The van der Waals surface area contributed by atoms with E-state index >= 15 is 0 Å². The molecule has 1 heterocycles. The number of thiophene rings is 1. The first-order valence-electron chi connectivity index (χ1n) is 6.81. The molecule has 3 nitrogen and oxygen atoms in total. The van der Waals surface area contributed by atoms with Crippen molar-refractivity contribution in [3.05, 3.63) is 22.4 Å². The lowest BCUT2D eigenvalue weighted by Crippen LogP contribution is -2.38. The maximum Gasteiger partial charge on any atom is 0.261 e. The van der Waals surface area contributed by atoms with Crippen molar-refractivity contribution in [2.45, 2.75) is 38.6 Å². The highest BCUT2D eigenvalue weighted by Crippen LogP contribution is 2.23. The Labute approximate surface area is 113 Å². The molecule has 1 aliphatic carbocycles. The Morgan fingerprint density at radius 1 is 1.33 bits per heavy atom. The Morgan fingerprint density at radius 3 is 2.78 bits per heavy atom. The molecule has 1 aromatic rings. The van der Waals surface area contributed by atoms with Crippen LogP contribution in [0.4, 0.5) is 0 Å². The monoisotopic (exact) mass is 266 g/mol. The summed E-state index contributed by atoms with van der Waals surface area (Å²) in [5.41, 5.74) is 0. The van der Waals surface area contributed by atoms with Crippen LogP contribution in [0.25, 0.3) is 0 Å². The molecule has 100 valence electrons. The van der Waals surface area contributed by atoms with E-state index in [2.05, 4.69) is 17.6 Å². The number of amides is 1. The maximum atomic E-state index is 11.7. The zero-order valence-corrected chi connectivity index (χ0v) is 11.8. The van der Waals surface area contributed by atoms with Crippen molar-refractivity contribution in [1.82, 2.24) is 10.6 Å². The number of hydrogen-bond donors (Lipinski definition) is 2. The maximum absolute atomic E-state index is 11.7. The van der Waals surface area contributed by atoms with E-state index in [-0.39, 0.29) is 5.91 Å². The zero-order valence-electron chi connectivity index (χ0n) is 10.9. The Kier molecular flexibility index (Phi) is 5.20. The SMILES string of the molecule is CC1CCC(NCCNC(=O)c2cccs2)CC1. The fourth-order valence-electron chi connectivity index (χ4n) is 2.41. The average molecular weight is 266 g/mol. The molecular formula is C14H22N2OS. The number of carbonyl (C=O) groups excluding carboxylic acids is 1. The van der Waals surface area contributed by atoms with Crippen LogP contribution in [0.3, 0.4) is 0 Å². The molecule has 0 spiro atoms. The van der Waals surface area contributed by atoms with Crippen LogP contribution in [-0.2, 0) is 0 Å². The van der Waals surface area contributed by atoms with Crippen molar-refractivity contribution in [2.24, 2.45) is 5.92 Å². The van der Waals surface area contributed by atoms with E-state index < -0.39 is 0 Å². The Balaban J connectivity index is 1.57. The molecule has 1 fully saturated rings. The number of rotatable bonds is 5. The number of hydrogen-bond acceptors (Lipinski definition) is 3. The van der Waals surface area contributed by atoms with Crippen LogP contribution in [0.2, 0.25) is 0 Å². The van der Waals surface area contributed by atoms with Crippen molar-refractivity contribution >= 4 is 17.2 Å². The fourth-order valence-corrected chi connectivity index (χ4v) is 3.05. The van der Waals surface area contributed by atoms with Gasteiger partial charge in [-0.15, -0.1) is 11.3 Å². The lowest BCUT2D eigenvalue weighted by molar-refractivity contribution is 0.0957. The van der Waals surface area contributed by atoms with E-state index in [1.54, 1.807) is 0 Å². The first-order chi connectivity index (χ1) is 8.75. The third-order valence-electron chi connectivity index (χ3n) is 3.60. The smallest absolute Gasteiger partial charge is 0.261 e. The van der Waals surface area contributed by atoms with Gasteiger partial charge >= 0.3 is 0 Å². The second kappa shape index (κ2) is 6.90. The van der Waals surface area contributed by atoms with Gasteiger partial charge in [0.1, 0.15) is 0 Å². The van der Waals surface area contributed by atoms with E-state index in [1.807, 2.05) is 17.5 Å². The molecule has 0 unspecified atom stereocenters. The number of nitrogens with one attached hydrogen (secondary N) is 2. The van der Waals surface area contributed by atoms with E-state index in [0.717, 1.165) is 17.3 Å². The van der Waals surface area contributed by atoms with Gasteiger partial charge in [0.05, 0.1) is 4.88 Å². The van der Waals surface area contributed by atoms with Crippen LogP contribution < -0.4 is 10.6 Å². The van der Waals surface area contributed by atoms with Crippen molar-refractivity contribution in [1.29, 1.82) is 0 Å². The summed E-state index contributed by atoms with van der Waals surface area (Å²) >= 11 is 1.48. The molecule has 0 saturated heterocycles. The largest absolute Gasteiger partial charge is 0.350 e. The molecule has 1 aliphatic rings. The molecule has 1 aromatic heterocycles. The van der Waals surface area contributed by atoms with Gasteiger partial charge in [0.2, 0.25) is 0 Å². The first-order valence-corrected chi connectivity index (χ1v) is 7.69. The van der Waals surface area contributed by atoms with Gasteiger partial charge in [-0.2, -0.15) is 0 Å². The molecule has 0 aromatic carbocycles. The summed E-state index contributed by atoms with van der Waals surface area (Å²) in [6.45, 7) is 3.91. The summed E-state index contributed by atoms with van der Waals surface area (Å²) in [6.07, 6.45) is 5.22. The highest BCUT2D eigenvalue weighted by atomic mass is 32.1. The van der Waals surface area contributed by atoms with Crippen LogP contribution in [0.15, 0.2) is 17.5 Å². The second-order valence-electron chi connectivity index (χ2n) is 5.14. The minimum atomic E-state index is 0.0454. The van der Waals surface area contributed by atoms with E-state index in [4.69, 9.17) is 0 Å². The van der Waals surface area contributed by atoms with Crippen LogP contribution in [0, 0.1) is 5.92 Å². The summed E-state index contributed by atoms with van der Waals surface area (Å²) < 4.78 is 0. The fraction of sp³-hybridized carbons (Fsp3) is 0.643. The van der Waals surface area contributed by atoms with Crippen molar-refractivity contribution in [2.75, 3.05) is 13.1 Å². The van der Waals surface area contributed by atoms with Crippen LogP contribution in [0.1, 0.15) is 42.3 Å². The van der Waals surface area contributed by atoms with Gasteiger partial charge in [-0.1, -0.05) is 13.0 Å². The minimum absolute atomic E-state index is 0.0454. The molecular weight excluding hydrogens is 244 g/mol. The van der Waals surface area contributed by atoms with Crippen LogP contribution >= 0.6 is 11.3 Å². The van der Waals surface area contributed by atoms with Crippen LogP contribution in [-0.4, -0.2) is 25.0 Å². The summed E-state index contributed by atoms with van der Waals surface area (Å²) in [7, 11) is 0. The molecule has 4 heteroatoms. The summed E-state index contributed by atoms with van der Waals surface area (Å²) in [5.74, 6) is 0.936. The number of carbonyl (C=O) groups is 1.